The van der Waals surface area contributed by atoms with E-state index in [2.05, 4.69) is 10.6 Å². The van der Waals surface area contributed by atoms with E-state index in [9.17, 15) is 19.2 Å². The van der Waals surface area contributed by atoms with E-state index in [4.69, 9.17) is 19.3 Å². The summed E-state index contributed by atoms with van der Waals surface area (Å²) in [6.45, 7) is 10.9. The number of carbonyl (C=O) groups is 4. The Morgan fingerprint density at radius 2 is 1.03 bits per heavy atom. The van der Waals surface area contributed by atoms with Gasteiger partial charge in [0.05, 0.1) is 17.9 Å². The Labute approximate surface area is 217 Å². The average molecular weight is 492 g/mol. The molecule has 6 aliphatic rings. The van der Waals surface area contributed by atoms with Gasteiger partial charge in [0.25, 0.3) is 0 Å². The first-order valence-corrected chi connectivity index (χ1v) is 11.2. The number of ether oxygens (including phenoxy) is 3. The van der Waals surface area contributed by atoms with Crippen LogP contribution in [0, 0.1) is 10.8 Å². The first-order chi connectivity index (χ1) is 14.9. The number of aliphatic carboxylic acids is 1. The maximum Gasteiger partial charge on any atom is 1.00 e. The Kier molecular flexibility index (Phi) is 8.42. The third-order valence-corrected chi connectivity index (χ3v) is 6.66. The Balaban J connectivity index is 0.000000332. The summed E-state index contributed by atoms with van der Waals surface area (Å²) in [7, 11) is 1.40. The summed E-state index contributed by atoms with van der Waals surface area (Å²) in [6.07, 6.45) is 2.77. The maximum atomic E-state index is 11.6. The van der Waals surface area contributed by atoms with Gasteiger partial charge < -0.3 is 35.4 Å². The van der Waals surface area contributed by atoms with Gasteiger partial charge in [-0.05, 0) is 80.1 Å². The Hall–Kier alpha value is -1.96. The molecule has 2 amide bonds. The summed E-state index contributed by atoms with van der Waals surface area (Å²) in [6, 6.07) is 0. The molecule has 6 fully saturated rings. The van der Waals surface area contributed by atoms with Crippen molar-refractivity contribution in [2.24, 2.45) is 10.8 Å². The van der Waals surface area contributed by atoms with E-state index in [1.165, 1.54) is 7.11 Å². The fourth-order valence-electron chi connectivity index (χ4n) is 5.54. The van der Waals surface area contributed by atoms with Gasteiger partial charge in [0, 0.05) is 11.1 Å². The van der Waals surface area contributed by atoms with Crippen LogP contribution in [-0.2, 0) is 23.8 Å². The monoisotopic (exact) mass is 492 g/mol. The van der Waals surface area contributed by atoms with Gasteiger partial charge in [0.15, 0.2) is 0 Å². The SMILES string of the molecule is CC(C)(C)OC(=O)NC12CC(C(=O)O)(C1)C2.COC(=O)C12CC(NC(=O)OC(C)(C)C)(C1)C2.[Li+].[OH-]. The van der Waals surface area contributed by atoms with Gasteiger partial charge in [0.1, 0.15) is 11.2 Å². The number of carboxylic acids is 1. The minimum absolute atomic E-state index is 0. The molecule has 4 bridgehead atoms. The van der Waals surface area contributed by atoms with Crippen molar-refractivity contribution in [1.82, 2.24) is 10.6 Å². The number of hydrogen-bond acceptors (Lipinski definition) is 8. The van der Waals surface area contributed by atoms with E-state index in [1.54, 1.807) is 20.8 Å². The summed E-state index contributed by atoms with van der Waals surface area (Å²) in [4.78, 5) is 45.4. The molecule has 0 aromatic carbocycles. The van der Waals surface area contributed by atoms with Gasteiger partial charge in [-0.3, -0.25) is 9.59 Å². The number of esters is 1. The van der Waals surface area contributed by atoms with Crippen molar-refractivity contribution in [2.75, 3.05) is 7.11 Å². The van der Waals surface area contributed by atoms with Crippen LogP contribution in [0.25, 0.3) is 0 Å². The summed E-state index contributed by atoms with van der Waals surface area (Å²) in [5.74, 6) is -0.911. The number of hydrogen-bond donors (Lipinski definition) is 3. The second-order valence-electron chi connectivity index (χ2n) is 12.2. The standard InChI is InChI=1S/C12H19NO4.C11H17NO4.Li.H2O/c1-10(2,3)17-9(15)13-12-5-11(6-12,7-12)8(14)16-4;1-9(2,3)16-8(15)12-11-4-10(5-11,6-11)7(13)14;;/h5-7H2,1-4H3,(H,13,15);4-6H2,1-3H3,(H,12,15)(H,13,14);;1H2/q;;+1;/p-1. The molecule has 0 unspecified atom stereocenters. The Bertz CT molecular complexity index is 836. The predicted molar refractivity (Wildman–Crippen MR) is 118 cm³/mol. The van der Waals surface area contributed by atoms with Crippen molar-refractivity contribution in [3.05, 3.63) is 0 Å². The maximum absolute atomic E-state index is 11.6. The molecule has 194 valence electrons. The number of amides is 2. The summed E-state index contributed by atoms with van der Waals surface area (Å²) in [5, 5.41) is 14.5. The molecular weight excluding hydrogens is 455 g/mol. The summed E-state index contributed by atoms with van der Waals surface area (Å²) < 4.78 is 15.1. The van der Waals surface area contributed by atoms with Crippen LogP contribution >= 0.6 is 0 Å². The molecule has 0 spiro atoms. The molecule has 0 heterocycles. The molecule has 6 aliphatic carbocycles. The zero-order valence-electron chi connectivity index (χ0n) is 22.0. The van der Waals surface area contributed by atoms with Crippen LogP contribution in [0.4, 0.5) is 9.59 Å². The molecule has 0 radical (unpaired) electrons. The van der Waals surface area contributed by atoms with Crippen molar-refractivity contribution >= 4 is 24.1 Å². The van der Waals surface area contributed by atoms with E-state index in [-0.39, 0.29) is 46.8 Å². The van der Waals surface area contributed by atoms with Crippen LogP contribution in [-0.4, -0.2) is 64.1 Å². The molecule has 0 saturated heterocycles. The molecule has 12 heteroatoms. The fourth-order valence-corrected chi connectivity index (χ4v) is 5.54. The molecule has 0 aromatic rings. The fraction of sp³-hybridized carbons (Fsp3) is 0.826. The minimum Gasteiger partial charge on any atom is -0.870 e. The first kappa shape index (κ1) is 31.1. The van der Waals surface area contributed by atoms with Gasteiger partial charge in [-0.25, -0.2) is 9.59 Å². The van der Waals surface area contributed by atoms with Gasteiger partial charge in [0.2, 0.25) is 0 Å². The van der Waals surface area contributed by atoms with Crippen molar-refractivity contribution in [3.63, 3.8) is 0 Å². The molecule has 0 aliphatic heterocycles. The van der Waals surface area contributed by atoms with E-state index in [1.807, 2.05) is 20.8 Å². The zero-order valence-corrected chi connectivity index (χ0v) is 22.0. The quantitative estimate of drug-likeness (QED) is 0.277. The van der Waals surface area contributed by atoms with Crippen LogP contribution in [0.5, 0.6) is 0 Å². The topological polar surface area (TPSA) is 170 Å². The van der Waals surface area contributed by atoms with E-state index < -0.39 is 34.8 Å². The third kappa shape index (κ3) is 6.24. The predicted octanol–water partition coefficient (Wildman–Crippen LogP) is -0.0476. The van der Waals surface area contributed by atoms with E-state index in [0.717, 1.165) is 0 Å². The number of nitrogens with one attached hydrogen (secondary N) is 2. The molecule has 4 N–H and O–H groups in total. The van der Waals surface area contributed by atoms with Crippen LogP contribution in [0.2, 0.25) is 0 Å². The van der Waals surface area contributed by atoms with Gasteiger partial charge in [-0.15, -0.1) is 0 Å². The van der Waals surface area contributed by atoms with E-state index >= 15 is 0 Å². The molecule has 0 atom stereocenters. The number of methoxy groups -OCH3 is 1. The molecule has 6 rings (SSSR count). The number of alkyl carbamates (subject to hydrolysis) is 2. The van der Waals surface area contributed by atoms with Gasteiger partial charge in [-0.2, -0.15) is 0 Å². The summed E-state index contributed by atoms with van der Waals surface area (Å²) >= 11 is 0. The van der Waals surface area contributed by atoms with Crippen molar-refractivity contribution < 1.29 is 62.8 Å². The molecule has 6 saturated carbocycles. The van der Waals surface area contributed by atoms with E-state index in [0.29, 0.717) is 38.5 Å². The minimum atomic E-state index is -0.750. The number of carboxylic acid groups (broad SMARTS) is 1. The van der Waals surface area contributed by atoms with Crippen LogP contribution in [0.3, 0.4) is 0 Å². The molecular formula is C23H37LiN2O9. The first-order valence-electron chi connectivity index (χ1n) is 11.2. The van der Waals surface area contributed by atoms with Crippen molar-refractivity contribution in [2.45, 2.75) is 102 Å². The Morgan fingerprint density at radius 3 is 1.29 bits per heavy atom. The number of rotatable bonds is 4. The summed E-state index contributed by atoms with van der Waals surface area (Å²) in [5.41, 5.74) is -2.43. The van der Waals surface area contributed by atoms with Gasteiger partial charge >= 0.3 is 43.0 Å². The molecule has 35 heavy (non-hydrogen) atoms. The van der Waals surface area contributed by atoms with Crippen LogP contribution in [0.1, 0.15) is 80.1 Å². The molecule has 11 nitrogen and oxygen atoms in total. The molecule has 0 aromatic heterocycles. The third-order valence-electron chi connectivity index (χ3n) is 6.66. The second kappa shape index (κ2) is 9.49. The smallest absolute Gasteiger partial charge is 0.870 e. The Morgan fingerprint density at radius 1 is 0.714 bits per heavy atom. The normalized spacial score (nSPS) is 32.9. The van der Waals surface area contributed by atoms with Crippen molar-refractivity contribution in [1.29, 1.82) is 0 Å². The average Bonchev–Trinajstić information content (AvgIpc) is 2.47. The van der Waals surface area contributed by atoms with Crippen LogP contribution in [0.15, 0.2) is 0 Å². The zero-order chi connectivity index (χ0) is 25.1. The number of carbonyl (C=O) groups excluding carboxylic acids is 3. The van der Waals surface area contributed by atoms with Gasteiger partial charge in [-0.1, -0.05) is 0 Å². The van der Waals surface area contributed by atoms with Crippen LogP contribution < -0.4 is 29.5 Å². The largest absolute Gasteiger partial charge is 1.00 e. The second-order valence-corrected chi connectivity index (χ2v) is 12.2. The van der Waals surface area contributed by atoms with Crippen molar-refractivity contribution in [3.8, 4) is 0 Å².